The van der Waals surface area contributed by atoms with E-state index in [4.69, 9.17) is 4.74 Å². The second-order valence-electron chi connectivity index (χ2n) is 8.07. The van der Waals surface area contributed by atoms with E-state index < -0.39 is 5.97 Å². The number of carbonyl (C=O) groups excluding carboxylic acids is 1. The van der Waals surface area contributed by atoms with Gasteiger partial charge in [0.25, 0.3) is 0 Å². The summed E-state index contributed by atoms with van der Waals surface area (Å²) >= 11 is 0. The van der Waals surface area contributed by atoms with Gasteiger partial charge in [-0.2, -0.15) is 0 Å². The fourth-order valence-electron chi connectivity index (χ4n) is 4.78. The molecule has 7 nitrogen and oxygen atoms in total. The molecule has 7 heteroatoms. The van der Waals surface area contributed by atoms with E-state index in [0.717, 1.165) is 52.1 Å². The molecule has 0 aromatic heterocycles. The highest BCUT2D eigenvalue weighted by Crippen LogP contribution is 2.33. The molecular weight excluding hydrogens is 334 g/mol. The molecule has 26 heavy (non-hydrogen) atoms. The zero-order valence-corrected chi connectivity index (χ0v) is 15.8. The van der Waals surface area contributed by atoms with Gasteiger partial charge in [0.1, 0.15) is 0 Å². The van der Waals surface area contributed by atoms with E-state index in [9.17, 15) is 14.7 Å². The molecule has 148 valence electrons. The highest BCUT2D eigenvalue weighted by molar-refractivity contribution is 5.78. The van der Waals surface area contributed by atoms with Gasteiger partial charge in [-0.15, -0.1) is 0 Å². The third-order valence-corrected chi connectivity index (χ3v) is 6.30. The van der Waals surface area contributed by atoms with E-state index in [1.54, 1.807) is 0 Å². The number of nitrogens with one attached hydrogen (secondary N) is 1. The van der Waals surface area contributed by atoms with Gasteiger partial charge in [0.2, 0.25) is 5.91 Å². The average Bonchev–Trinajstić information content (AvgIpc) is 2.68. The van der Waals surface area contributed by atoms with Gasteiger partial charge < -0.3 is 15.2 Å². The molecule has 2 saturated heterocycles. The number of carboxylic acids is 1. The van der Waals surface area contributed by atoms with E-state index in [2.05, 4.69) is 10.2 Å². The minimum absolute atomic E-state index is 0.0225. The molecule has 3 aliphatic rings. The van der Waals surface area contributed by atoms with E-state index >= 15 is 0 Å². The number of likely N-dealkylation sites (tertiary alicyclic amines) is 1. The number of carboxylic acid groups (broad SMARTS) is 1. The summed E-state index contributed by atoms with van der Waals surface area (Å²) in [5.74, 6) is -1.06. The van der Waals surface area contributed by atoms with Crippen molar-refractivity contribution in [3.63, 3.8) is 0 Å². The van der Waals surface area contributed by atoms with Crippen LogP contribution in [0.25, 0.3) is 0 Å². The van der Waals surface area contributed by atoms with Crippen molar-refractivity contribution >= 4 is 11.9 Å². The van der Waals surface area contributed by atoms with E-state index in [1.807, 2.05) is 4.90 Å². The first-order valence-corrected chi connectivity index (χ1v) is 10.1. The molecule has 1 saturated carbocycles. The summed E-state index contributed by atoms with van der Waals surface area (Å²) < 4.78 is 5.51. The van der Waals surface area contributed by atoms with Crippen LogP contribution in [-0.4, -0.2) is 84.8 Å². The van der Waals surface area contributed by atoms with Crippen molar-refractivity contribution in [2.45, 2.75) is 50.5 Å². The smallest absolute Gasteiger partial charge is 0.307 e. The van der Waals surface area contributed by atoms with Crippen LogP contribution < -0.4 is 5.32 Å². The van der Waals surface area contributed by atoms with Gasteiger partial charge >= 0.3 is 5.97 Å². The van der Waals surface area contributed by atoms with Crippen LogP contribution >= 0.6 is 0 Å². The molecule has 1 aliphatic carbocycles. The second kappa shape index (κ2) is 9.15. The number of carbonyl (C=O) groups is 2. The van der Waals surface area contributed by atoms with Gasteiger partial charge in [-0.1, -0.05) is 19.3 Å². The van der Waals surface area contributed by atoms with Crippen LogP contribution in [0.15, 0.2) is 0 Å². The molecule has 2 N–H and O–H groups in total. The average molecular weight is 367 g/mol. The molecule has 3 fully saturated rings. The van der Waals surface area contributed by atoms with Gasteiger partial charge in [0.15, 0.2) is 0 Å². The Hall–Kier alpha value is -1.18. The highest BCUT2D eigenvalue weighted by atomic mass is 16.5. The SMILES string of the molecule is O=C(CN1CCCC(C(=O)O)C1)NCC1(N2CCOCC2)CCCCC1. The lowest BCUT2D eigenvalue weighted by Gasteiger charge is -2.48. The topological polar surface area (TPSA) is 82.1 Å². The first-order valence-electron chi connectivity index (χ1n) is 10.1. The molecule has 0 bridgehead atoms. The number of hydrogen-bond donors (Lipinski definition) is 2. The van der Waals surface area contributed by atoms with Crippen LogP contribution in [0.3, 0.4) is 0 Å². The highest BCUT2D eigenvalue weighted by Gasteiger charge is 2.39. The Morgan fingerprint density at radius 2 is 1.81 bits per heavy atom. The largest absolute Gasteiger partial charge is 0.481 e. The van der Waals surface area contributed by atoms with Crippen molar-refractivity contribution in [1.82, 2.24) is 15.1 Å². The third-order valence-electron chi connectivity index (χ3n) is 6.30. The van der Waals surface area contributed by atoms with Gasteiger partial charge in [-0.05, 0) is 32.2 Å². The first-order chi connectivity index (χ1) is 12.6. The van der Waals surface area contributed by atoms with E-state index in [0.29, 0.717) is 26.1 Å². The summed E-state index contributed by atoms with van der Waals surface area (Å²) in [5, 5.41) is 12.4. The third kappa shape index (κ3) is 4.96. The molecule has 3 rings (SSSR count). The van der Waals surface area contributed by atoms with Crippen molar-refractivity contribution in [1.29, 1.82) is 0 Å². The number of aliphatic carboxylic acids is 1. The molecular formula is C19H33N3O4. The molecule has 2 aliphatic heterocycles. The number of hydrogen-bond acceptors (Lipinski definition) is 5. The summed E-state index contributed by atoms with van der Waals surface area (Å²) in [6.45, 7) is 5.75. The Kier molecular flexibility index (Phi) is 6.89. The minimum Gasteiger partial charge on any atom is -0.481 e. The molecule has 1 amide bonds. The summed E-state index contributed by atoms with van der Waals surface area (Å²) in [6.07, 6.45) is 7.56. The molecule has 0 radical (unpaired) electrons. The van der Waals surface area contributed by atoms with Gasteiger partial charge in [-0.3, -0.25) is 19.4 Å². The second-order valence-corrected chi connectivity index (χ2v) is 8.07. The maximum atomic E-state index is 12.5. The van der Waals surface area contributed by atoms with Crippen molar-refractivity contribution in [3.8, 4) is 0 Å². The van der Waals surface area contributed by atoms with Crippen LogP contribution in [0.4, 0.5) is 0 Å². The Bertz CT molecular complexity index is 487. The van der Waals surface area contributed by atoms with Crippen molar-refractivity contribution < 1.29 is 19.4 Å². The molecule has 0 aromatic carbocycles. The predicted molar refractivity (Wildman–Crippen MR) is 98.0 cm³/mol. The van der Waals surface area contributed by atoms with Crippen molar-refractivity contribution in [2.75, 3.05) is 52.5 Å². The van der Waals surface area contributed by atoms with Gasteiger partial charge in [0.05, 0.1) is 25.7 Å². The van der Waals surface area contributed by atoms with Crippen molar-refractivity contribution in [3.05, 3.63) is 0 Å². The number of morpholine rings is 1. The van der Waals surface area contributed by atoms with E-state index in [1.165, 1.54) is 19.3 Å². The number of piperidine rings is 1. The lowest BCUT2D eigenvalue weighted by molar-refractivity contribution is -0.144. The predicted octanol–water partition coefficient (Wildman–Crippen LogP) is 0.934. The van der Waals surface area contributed by atoms with Crippen LogP contribution in [-0.2, 0) is 14.3 Å². The standard InChI is InChI=1S/C19H33N3O4/c23-17(14-21-8-4-5-16(13-21)18(24)25)20-15-19(6-2-1-3-7-19)22-9-11-26-12-10-22/h16H,1-15H2,(H,20,23)(H,24,25). The Morgan fingerprint density at radius 1 is 1.08 bits per heavy atom. The van der Waals surface area contributed by atoms with Crippen LogP contribution in [0.2, 0.25) is 0 Å². The van der Waals surface area contributed by atoms with Crippen molar-refractivity contribution in [2.24, 2.45) is 5.92 Å². The molecule has 0 spiro atoms. The lowest BCUT2D eigenvalue weighted by atomic mass is 9.79. The van der Waals surface area contributed by atoms with Gasteiger partial charge in [-0.25, -0.2) is 0 Å². The fraction of sp³-hybridized carbons (Fsp3) is 0.895. The Balaban J connectivity index is 1.51. The number of ether oxygens (including phenoxy) is 1. The van der Waals surface area contributed by atoms with Crippen LogP contribution in [0.1, 0.15) is 44.9 Å². The summed E-state index contributed by atoms with van der Waals surface area (Å²) in [7, 11) is 0. The molecule has 2 heterocycles. The molecule has 1 unspecified atom stereocenters. The van der Waals surface area contributed by atoms with E-state index in [-0.39, 0.29) is 17.4 Å². The summed E-state index contributed by atoms with van der Waals surface area (Å²) in [6, 6.07) is 0. The zero-order chi connectivity index (χ0) is 18.4. The zero-order valence-electron chi connectivity index (χ0n) is 15.8. The molecule has 1 atom stereocenters. The quantitative estimate of drug-likeness (QED) is 0.727. The fourth-order valence-corrected chi connectivity index (χ4v) is 4.78. The maximum Gasteiger partial charge on any atom is 0.307 e. The number of nitrogens with zero attached hydrogens (tertiary/aromatic N) is 2. The van der Waals surface area contributed by atoms with Crippen LogP contribution in [0, 0.1) is 5.92 Å². The first kappa shape index (κ1) is 19.6. The number of rotatable bonds is 6. The maximum absolute atomic E-state index is 12.5. The van der Waals surface area contributed by atoms with Crippen LogP contribution in [0.5, 0.6) is 0 Å². The van der Waals surface area contributed by atoms with Gasteiger partial charge in [0, 0.05) is 31.7 Å². The normalized spacial score (nSPS) is 27.8. The Labute approximate surface area is 156 Å². The minimum atomic E-state index is -0.747. The summed E-state index contributed by atoms with van der Waals surface area (Å²) in [5.41, 5.74) is 0.0726. The molecule has 0 aromatic rings. The lowest BCUT2D eigenvalue weighted by Crippen LogP contribution is -2.60. The Morgan fingerprint density at radius 3 is 2.50 bits per heavy atom. The monoisotopic (exact) mass is 367 g/mol. The number of amides is 1. The summed E-state index contributed by atoms with van der Waals surface area (Å²) in [4.78, 5) is 28.2.